The van der Waals surface area contributed by atoms with Gasteiger partial charge in [0, 0.05) is 7.11 Å². The fourth-order valence-electron chi connectivity index (χ4n) is 2.14. The van der Waals surface area contributed by atoms with Gasteiger partial charge in [0.15, 0.2) is 0 Å². The normalized spacial score (nSPS) is 11.1. The molecule has 2 aliphatic rings. The minimum absolute atomic E-state index is 0.144. The van der Waals surface area contributed by atoms with Gasteiger partial charge >= 0.3 is 0 Å². The van der Waals surface area contributed by atoms with Crippen LogP contribution in [0.25, 0.3) is 0 Å². The van der Waals surface area contributed by atoms with Gasteiger partial charge in [0.25, 0.3) is 0 Å². The Morgan fingerprint density at radius 3 is 1.07 bits per heavy atom. The van der Waals surface area contributed by atoms with Crippen molar-refractivity contribution in [3.8, 4) is 17.2 Å². The van der Waals surface area contributed by atoms with Crippen molar-refractivity contribution in [3.05, 3.63) is 116 Å². The highest BCUT2D eigenvalue weighted by atomic mass is 16.6. The zero-order valence-electron chi connectivity index (χ0n) is 30.1. The molecule has 260 valence electrons. The highest BCUT2D eigenvalue weighted by Crippen LogP contribution is 2.09. The number of epoxide rings is 2. The van der Waals surface area contributed by atoms with E-state index < -0.39 is 0 Å². The average Bonchev–Trinajstić information content (AvgIpc) is 4.00. The van der Waals surface area contributed by atoms with Crippen LogP contribution in [0.4, 0.5) is 0 Å². The molecule has 0 N–H and O–H groups in total. The average molecular weight is 641 g/mol. The van der Waals surface area contributed by atoms with Gasteiger partial charge in [-0.3, -0.25) is 0 Å². The van der Waals surface area contributed by atoms with Gasteiger partial charge < -0.3 is 28.4 Å². The predicted molar refractivity (Wildman–Crippen MR) is 198 cm³/mol. The van der Waals surface area contributed by atoms with E-state index >= 15 is 0 Å². The lowest BCUT2D eigenvalue weighted by Crippen LogP contribution is -2.15. The molecule has 46 heavy (non-hydrogen) atoms. The number of ether oxygens (including phenoxy) is 6. The number of rotatable bonds is 10. The summed E-state index contributed by atoms with van der Waals surface area (Å²) in [6.07, 6.45) is 6.10. The highest BCUT2D eigenvalue weighted by Gasteiger charge is 1.99. The van der Waals surface area contributed by atoms with E-state index in [4.69, 9.17) is 18.9 Å². The molecule has 2 fully saturated rings. The molecular formula is C40H64O6. The van der Waals surface area contributed by atoms with Crippen LogP contribution in [0.2, 0.25) is 0 Å². The molecule has 0 aromatic heterocycles. The Morgan fingerprint density at radius 2 is 0.848 bits per heavy atom. The van der Waals surface area contributed by atoms with Crippen molar-refractivity contribution in [2.24, 2.45) is 0 Å². The van der Waals surface area contributed by atoms with Gasteiger partial charge in [0.05, 0.1) is 32.5 Å². The highest BCUT2D eigenvalue weighted by molar-refractivity contribution is 5.22. The molecule has 1 atom stereocenters. The van der Waals surface area contributed by atoms with Crippen molar-refractivity contribution < 1.29 is 28.4 Å². The van der Waals surface area contributed by atoms with Crippen molar-refractivity contribution in [2.45, 2.75) is 67.4 Å². The smallest absolute Gasteiger partial charge is 0.119 e. The maximum atomic E-state index is 5.43. The van der Waals surface area contributed by atoms with Crippen molar-refractivity contribution in [1.82, 2.24) is 0 Å². The molecule has 0 bridgehead atoms. The number of hydrogen-bond acceptors (Lipinski definition) is 6. The summed E-state index contributed by atoms with van der Waals surface area (Å²) in [6, 6.07) is 29.1. The van der Waals surface area contributed by atoms with E-state index in [1.54, 1.807) is 19.3 Å². The van der Waals surface area contributed by atoms with Crippen LogP contribution in [0.5, 0.6) is 17.2 Å². The second kappa shape index (κ2) is 41.4. The number of hydrogen-bond donors (Lipinski definition) is 0. The maximum Gasteiger partial charge on any atom is 0.119 e. The zero-order valence-corrected chi connectivity index (χ0v) is 30.1. The first-order valence-electron chi connectivity index (χ1n) is 16.5. The van der Waals surface area contributed by atoms with Crippen molar-refractivity contribution in [3.63, 3.8) is 0 Å². The Kier molecular flexibility index (Phi) is 42.2. The minimum Gasteiger partial charge on any atom is -0.491 e. The van der Waals surface area contributed by atoms with Crippen molar-refractivity contribution in [2.75, 3.05) is 53.4 Å². The monoisotopic (exact) mass is 640 g/mol. The third-order valence-electron chi connectivity index (χ3n) is 4.26. The molecule has 2 heterocycles. The van der Waals surface area contributed by atoms with Gasteiger partial charge in [-0.2, -0.15) is 0 Å². The van der Waals surface area contributed by atoms with Crippen LogP contribution in [0.3, 0.4) is 0 Å². The summed E-state index contributed by atoms with van der Waals surface area (Å²) in [5.41, 5.74) is 0. The molecule has 6 nitrogen and oxygen atoms in total. The van der Waals surface area contributed by atoms with Gasteiger partial charge in [-0.05, 0) is 43.3 Å². The van der Waals surface area contributed by atoms with E-state index in [0.29, 0.717) is 19.8 Å². The first kappa shape index (κ1) is 46.8. The van der Waals surface area contributed by atoms with Crippen LogP contribution in [0.1, 0.15) is 61.3 Å². The van der Waals surface area contributed by atoms with Crippen LogP contribution in [-0.4, -0.2) is 59.5 Å². The van der Waals surface area contributed by atoms with Gasteiger partial charge in [-0.25, -0.2) is 0 Å². The number of methoxy groups -OCH3 is 1. The van der Waals surface area contributed by atoms with Crippen LogP contribution in [0, 0.1) is 0 Å². The summed E-state index contributed by atoms with van der Waals surface area (Å²) in [4.78, 5) is 0. The third kappa shape index (κ3) is 44.9. The molecule has 3 aromatic carbocycles. The lowest BCUT2D eigenvalue weighted by molar-refractivity contribution is 0.0717. The van der Waals surface area contributed by atoms with Crippen molar-refractivity contribution in [1.29, 1.82) is 0 Å². The van der Waals surface area contributed by atoms with E-state index in [1.165, 1.54) is 12.8 Å². The Morgan fingerprint density at radius 1 is 0.587 bits per heavy atom. The number of para-hydroxylation sites is 3. The molecule has 2 aliphatic heterocycles. The lowest BCUT2D eigenvalue weighted by atomic mass is 10.3. The molecule has 0 aliphatic carbocycles. The fourth-order valence-corrected chi connectivity index (χ4v) is 2.14. The Hall–Kier alpha value is -3.58. The molecule has 0 amide bonds. The van der Waals surface area contributed by atoms with Crippen molar-refractivity contribution >= 4 is 0 Å². The van der Waals surface area contributed by atoms with E-state index in [9.17, 15) is 0 Å². The van der Waals surface area contributed by atoms with Gasteiger partial charge in [-0.15, -0.1) is 0 Å². The minimum atomic E-state index is 0.144. The van der Waals surface area contributed by atoms with Gasteiger partial charge in [-0.1, -0.05) is 134 Å². The molecule has 5 rings (SSSR count). The van der Waals surface area contributed by atoms with Crippen LogP contribution in [-0.2, 0) is 14.2 Å². The Balaban J connectivity index is -0.000000500. The third-order valence-corrected chi connectivity index (χ3v) is 4.26. The van der Waals surface area contributed by atoms with Crippen LogP contribution >= 0.6 is 0 Å². The summed E-state index contributed by atoms with van der Waals surface area (Å²) >= 11 is 0. The Bertz CT molecular complexity index is 886. The second-order valence-electron chi connectivity index (χ2n) is 9.13. The Labute approximate surface area is 282 Å². The van der Waals surface area contributed by atoms with Crippen LogP contribution < -0.4 is 14.2 Å². The lowest BCUT2D eigenvalue weighted by Gasteiger charge is -2.10. The summed E-state index contributed by atoms with van der Waals surface area (Å²) in [5.74, 6) is 2.67. The molecule has 6 heteroatoms. The summed E-state index contributed by atoms with van der Waals surface area (Å²) in [5, 5.41) is 0. The maximum absolute atomic E-state index is 5.43. The molecule has 1 unspecified atom stereocenters. The largest absolute Gasteiger partial charge is 0.491 e. The SMILES string of the molecule is C1CO1.C1CO1.C=CCOc1ccccc1.C=CCOc1ccccc1.CC.CCC.CCC.COC(C)COc1ccccc1. The fraction of sp³-hybridized carbons (Fsp3) is 0.450. The van der Waals surface area contributed by atoms with E-state index in [1.807, 2.05) is 112 Å². The summed E-state index contributed by atoms with van der Waals surface area (Å²) in [7, 11) is 1.68. The number of benzene rings is 3. The molecule has 2 saturated heterocycles. The predicted octanol–water partition coefficient (Wildman–Crippen LogP) is 10.5. The van der Waals surface area contributed by atoms with Gasteiger partial charge in [0.1, 0.15) is 37.1 Å². The standard InChI is InChI=1S/C10H14O2.2C9H10O.2C3H8.2C2H4O.C2H6/c1-9(11-2)8-12-10-6-4-3-5-7-10;2*1-2-8-10-9-6-4-3-5-7-9;2*1-3-2;2*1-2-3-1;1-2/h3-7,9H,8H2,1-2H3;2*2-7H,1,8H2;2*3H2,1-2H3;2*1-2H2;1-2H3. The van der Waals surface area contributed by atoms with E-state index in [2.05, 4.69) is 50.3 Å². The second-order valence-corrected chi connectivity index (χ2v) is 9.13. The quantitative estimate of drug-likeness (QED) is 0.162. The molecule has 0 saturated carbocycles. The first-order chi connectivity index (χ1) is 22.5. The molecule has 0 radical (unpaired) electrons. The molecular weight excluding hydrogens is 576 g/mol. The van der Waals surface area contributed by atoms with E-state index in [0.717, 1.165) is 43.7 Å². The van der Waals surface area contributed by atoms with Crippen LogP contribution in [0.15, 0.2) is 116 Å². The molecule has 0 spiro atoms. The topological polar surface area (TPSA) is 62.0 Å². The zero-order chi connectivity index (χ0) is 34.9. The summed E-state index contributed by atoms with van der Waals surface area (Å²) in [6.45, 7) is 27.3. The summed E-state index contributed by atoms with van der Waals surface area (Å²) < 4.78 is 30.0. The molecule has 3 aromatic rings. The van der Waals surface area contributed by atoms with E-state index in [-0.39, 0.29) is 6.10 Å². The first-order valence-corrected chi connectivity index (χ1v) is 16.5. The van der Waals surface area contributed by atoms with Gasteiger partial charge in [0.2, 0.25) is 0 Å².